The van der Waals surface area contributed by atoms with Crippen LogP contribution in [0.15, 0.2) is 24.3 Å². The quantitative estimate of drug-likeness (QED) is 0.746. The highest BCUT2D eigenvalue weighted by molar-refractivity contribution is 7.17. The van der Waals surface area contributed by atoms with E-state index in [0.717, 1.165) is 0 Å². The van der Waals surface area contributed by atoms with Crippen LogP contribution in [0.25, 0.3) is 22.2 Å². The van der Waals surface area contributed by atoms with Crippen molar-refractivity contribution >= 4 is 33.6 Å². The molecule has 3 unspecified atom stereocenters. The molecule has 0 amide bonds. The van der Waals surface area contributed by atoms with Gasteiger partial charge in [0.15, 0.2) is 0 Å². The fraction of sp³-hybridized carbons (Fsp3) is 0.333. The molecule has 1 nitrogen and oxygen atoms in total. The number of hydrogen-bond donors (Lipinski definition) is 1. The van der Waals surface area contributed by atoms with Gasteiger partial charge in [0.25, 0.3) is 0 Å². The predicted octanol–water partition coefficient (Wildman–Crippen LogP) is 1.69. The zero-order chi connectivity index (χ0) is 11.6. The van der Waals surface area contributed by atoms with Gasteiger partial charge < -0.3 is 5.73 Å². The van der Waals surface area contributed by atoms with Crippen LogP contribution in [0.5, 0.6) is 0 Å². The zero-order valence-electron chi connectivity index (χ0n) is 9.76. The molecule has 86 valence electrons. The Labute approximate surface area is 104 Å². The van der Waals surface area contributed by atoms with E-state index in [1.807, 2.05) is 11.3 Å². The number of nitrogens with two attached hydrogens (primary N) is 1. The summed E-state index contributed by atoms with van der Waals surface area (Å²) in [6.07, 6.45) is 4.83. The van der Waals surface area contributed by atoms with Gasteiger partial charge in [0, 0.05) is 15.3 Å². The van der Waals surface area contributed by atoms with E-state index < -0.39 is 0 Å². The van der Waals surface area contributed by atoms with Crippen LogP contribution in [0.3, 0.4) is 0 Å². The Bertz CT molecular complexity index is 702. The lowest BCUT2D eigenvalue weighted by molar-refractivity contribution is 0.155. The lowest BCUT2D eigenvalue weighted by Gasteiger charge is -2.45. The molecule has 0 aliphatic heterocycles. The van der Waals surface area contributed by atoms with Gasteiger partial charge in [-0.05, 0) is 34.4 Å². The third-order valence-electron chi connectivity index (χ3n) is 4.47. The van der Waals surface area contributed by atoms with Crippen molar-refractivity contribution in [2.75, 3.05) is 0 Å². The topological polar surface area (TPSA) is 26.0 Å². The minimum atomic E-state index is 0.336. The van der Waals surface area contributed by atoms with Crippen molar-refractivity contribution in [2.24, 2.45) is 23.5 Å². The Balaban J connectivity index is 2.12. The van der Waals surface area contributed by atoms with E-state index in [4.69, 9.17) is 5.73 Å². The molecule has 0 saturated heterocycles. The van der Waals surface area contributed by atoms with Crippen LogP contribution in [-0.4, -0.2) is 6.04 Å². The van der Waals surface area contributed by atoms with E-state index in [2.05, 4.69) is 43.3 Å². The molecule has 1 saturated carbocycles. The van der Waals surface area contributed by atoms with Crippen molar-refractivity contribution in [1.82, 2.24) is 0 Å². The summed E-state index contributed by atoms with van der Waals surface area (Å²) in [4.78, 5) is 0. The molecular formula is C15H15NS. The van der Waals surface area contributed by atoms with Crippen molar-refractivity contribution < 1.29 is 0 Å². The Morgan fingerprint density at radius 2 is 1.88 bits per heavy atom. The van der Waals surface area contributed by atoms with Gasteiger partial charge in [-0.2, -0.15) is 0 Å². The van der Waals surface area contributed by atoms with Crippen LogP contribution >= 0.6 is 11.3 Å². The SMILES string of the molecule is CC1C2C=c3sc4ccccc4c3=C[C@H]1C2N. The molecule has 17 heavy (non-hydrogen) atoms. The van der Waals surface area contributed by atoms with Crippen molar-refractivity contribution in [2.45, 2.75) is 13.0 Å². The average Bonchev–Trinajstić information content (AvgIpc) is 2.54. The second kappa shape index (κ2) is 3.21. The number of hydrogen-bond acceptors (Lipinski definition) is 2. The van der Waals surface area contributed by atoms with Crippen molar-refractivity contribution in [3.63, 3.8) is 0 Å². The summed E-state index contributed by atoms with van der Waals surface area (Å²) in [5.74, 6) is 1.85. The van der Waals surface area contributed by atoms with Gasteiger partial charge in [0.1, 0.15) is 0 Å². The smallest absolute Gasteiger partial charge is 0.0355 e. The van der Waals surface area contributed by atoms with E-state index in [0.29, 0.717) is 23.8 Å². The molecule has 1 fully saturated rings. The summed E-state index contributed by atoms with van der Waals surface area (Å²) >= 11 is 1.91. The maximum atomic E-state index is 6.24. The Hall–Kier alpha value is -1.12. The highest BCUT2D eigenvalue weighted by Crippen LogP contribution is 2.42. The monoisotopic (exact) mass is 241 g/mol. The Morgan fingerprint density at radius 3 is 2.71 bits per heavy atom. The standard InChI is InChI=1S/C15H15NS/c1-8-10-6-12-9-4-2-3-5-13(9)17-14(12)7-11(8)15(10)16/h2-8,10-11,15H,16H2,1H3/t8?,10-,11?,15?/m1/s1. The third kappa shape index (κ3) is 1.17. The first-order valence-corrected chi connectivity index (χ1v) is 7.04. The minimum absolute atomic E-state index is 0.336. The molecule has 3 aliphatic rings. The van der Waals surface area contributed by atoms with Gasteiger partial charge in [-0.1, -0.05) is 37.3 Å². The summed E-state index contributed by atoms with van der Waals surface area (Å²) in [6.45, 7) is 2.32. The van der Waals surface area contributed by atoms with E-state index in [-0.39, 0.29) is 0 Å². The second-order valence-electron chi connectivity index (χ2n) is 5.30. The molecule has 2 heteroatoms. The molecule has 5 rings (SSSR count). The largest absolute Gasteiger partial charge is 0.327 e. The van der Waals surface area contributed by atoms with Gasteiger partial charge in [0.05, 0.1) is 0 Å². The summed E-state index contributed by atoms with van der Waals surface area (Å²) in [6, 6.07) is 9.03. The fourth-order valence-corrected chi connectivity index (χ4v) is 4.53. The van der Waals surface area contributed by atoms with E-state index >= 15 is 0 Å². The number of fused-ring (bicyclic) bond motifs is 1. The maximum absolute atomic E-state index is 6.24. The molecular weight excluding hydrogens is 226 g/mol. The van der Waals surface area contributed by atoms with Gasteiger partial charge in [0.2, 0.25) is 0 Å². The van der Waals surface area contributed by atoms with Crippen LogP contribution in [0, 0.1) is 17.8 Å². The van der Waals surface area contributed by atoms with Crippen LogP contribution < -0.4 is 15.5 Å². The minimum Gasteiger partial charge on any atom is -0.327 e. The second-order valence-corrected chi connectivity index (χ2v) is 6.38. The van der Waals surface area contributed by atoms with E-state index in [1.165, 1.54) is 19.8 Å². The first kappa shape index (κ1) is 9.86. The lowest BCUT2D eigenvalue weighted by atomic mass is 9.62. The first-order chi connectivity index (χ1) is 8.25. The third-order valence-corrected chi connectivity index (χ3v) is 5.62. The van der Waals surface area contributed by atoms with Gasteiger partial charge in [-0.25, -0.2) is 0 Å². The van der Waals surface area contributed by atoms with Crippen molar-refractivity contribution in [1.29, 1.82) is 0 Å². The first-order valence-electron chi connectivity index (χ1n) is 6.22. The van der Waals surface area contributed by atoms with Crippen molar-refractivity contribution in [3.05, 3.63) is 34.0 Å². The maximum Gasteiger partial charge on any atom is 0.0355 e. The van der Waals surface area contributed by atoms with Crippen LogP contribution in [0.4, 0.5) is 0 Å². The molecule has 0 spiro atoms. The number of rotatable bonds is 0. The molecule has 1 aromatic carbocycles. The fourth-order valence-electron chi connectivity index (χ4n) is 3.34. The van der Waals surface area contributed by atoms with Crippen molar-refractivity contribution in [3.8, 4) is 0 Å². The van der Waals surface area contributed by atoms with E-state index in [1.54, 1.807) is 0 Å². The Morgan fingerprint density at radius 1 is 1.12 bits per heavy atom. The number of thiophene rings is 1. The van der Waals surface area contributed by atoms with Gasteiger partial charge >= 0.3 is 0 Å². The molecule has 2 aromatic rings. The summed E-state index contributed by atoms with van der Waals surface area (Å²) in [5, 5.41) is 2.83. The molecule has 4 atom stereocenters. The van der Waals surface area contributed by atoms with Crippen LogP contribution in [0.2, 0.25) is 0 Å². The van der Waals surface area contributed by atoms with Crippen LogP contribution in [0.1, 0.15) is 6.92 Å². The average molecular weight is 241 g/mol. The lowest BCUT2D eigenvalue weighted by Crippen LogP contribution is -2.52. The van der Waals surface area contributed by atoms with Gasteiger partial charge in [-0.15, -0.1) is 11.3 Å². The molecule has 2 N–H and O–H groups in total. The summed E-state index contributed by atoms with van der Waals surface area (Å²) < 4.78 is 2.83. The highest BCUT2D eigenvalue weighted by Gasteiger charge is 2.43. The molecule has 1 heterocycles. The Kier molecular flexibility index (Phi) is 1.86. The predicted molar refractivity (Wildman–Crippen MR) is 74.1 cm³/mol. The van der Waals surface area contributed by atoms with Gasteiger partial charge in [-0.3, -0.25) is 0 Å². The molecule has 0 radical (unpaired) electrons. The highest BCUT2D eigenvalue weighted by atomic mass is 32.1. The summed E-state index contributed by atoms with van der Waals surface area (Å²) in [5.41, 5.74) is 6.24. The molecule has 3 aliphatic carbocycles. The van der Waals surface area contributed by atoms with Crippen LogP contribution in [-0.2, 0) is 0 Å². The number of benzene rings is 1. The molecule has 1 aromatic heterocycles. The summed E-state index contributed by atoms with van der Waals surface area (Å²) in [7, 11) is 0. The van der Waals surface area contributed by atoms with E-state index in [9.17, 15) is 0 Å². The normalized spacial score (nSPS) is 34.2. The zero-order valence-corrected chi connectivity index (χ0v) is 10.6. The molecule has 2 bridgehead atoms.